The van der Waals surface area contributed by atoms with Crippen molar-refractivity contribution in [2.75, 3.05) is 28.4 Å². The first-order valence-electron chi connectivity index (χ1n) is 7.84. The largest absolute Gasteiger partial charge is 0.475 e. The van der Waals surface area contributed by atoms with Gasteiger partial charge in [0.25, 0.3) is 0 Å². The quantitative estimate of drug-likeness (QED) is 0.440. The van der Waals surface area contributed by atoms with Crippen LogP contribution in [0.25, 0.3) is 0 Å². The third kappa shape index (κ3) is 5.53. The molecular formula is C17H22O7P2S. The summed E-state index contributed by atoms with van der Waals surface area (Å²) in [6.45, 7) is 0. The molecule has 0 radical (unpaired) electrons. The molecule has 1 atom stereocenters. The van der Waals surface area contributed by atoms with E-state index in [1.807, 2.05) is 42.5 Å². The summed E-state index contributed by atoms with van der Waals surface area (Å²) in [5.41, 5.74) is 0.479. The zero-order valence-electron chi connectivity index (χ0n) is 15.4. The summed E-state index contributed by atoms with van der Waals surface area (Å²) in [6, 6.07) is 16.8. The number of rotatable bonds is 10. The van der Waals surface area contributed by atoms with Gasteiger partial charge in [0.15, 0.2) is 5.85 Å². The van der Waals surface area contributed by atoms with E-state index in [-0.39, 0.29) is 0 Å². The van der Waals surface area contributed by atoms with Gasteiger partial charge in [0.05, 0.1) is 0 Å². The Balaban J connectivity index is 2.53. The van der Waals surface area contributed by atoms with Gasteiger partial charge in [-0.25, -0.2) is 4.57 Å². The molecule has 2 rings (SSSR count). The predicted molar refractivity (Wildman–Crippen MR) is 104 cm³/mol. The molecule has 148 valence electrons. The molecule has 27 heavy (non-hydrogen) atoms. The lowest BCUT2D eigenvalue weighted by molar-refractivity contribution is 0.115. The van der Waals surface area contributed by atoms with E-state index in [9.17, 15) is 9.13 Å². The van der Waals surface area contributed by atoms with E-state index in [1.54, 1.807) is 12.1 Å². The lowest BCUT2D eigenvalue weighted by atomic mass is 10.2. The molecule has 0 saturated carbocycles. The highest BCUT2D eigenvalue weighted by Gasteiger charge is 2.43. The molecule has 2 aromatic carbocycles. The highest BCUT2D eigenvalue weighted by molar-refractivity contribution is 7.99. The number of benzene rings is 2. The fourth-order valence-electron chi connectivity index (χ4n) is 2.23. The first-order valence-corrected chi connectivity index (χ1v) is 11.7. The Morgan fingerprint density at radius 3 is 1.89 bits per heavy atom. The molecule has 0 amide bonds. The summed E-state index contributed by atoms with van der Waals surface area (Å²) >= 11 is 1.44. The summed E-state index contributed by atoms with van der Waals surface area (Å²) in [6.07, 6.45) is 0. The third-order valence-electron chi connectivity index (χ3n) is 3.63. The summed E-state index contributed by atoms with van der Waals surface area (Å²) in [7, 11) is -2.98. The van der Waals surface area contributed by atoms with E-state index in [4.69, 9.17) is 22.6 Å². The lowest BCUT2D eigenvalue weighted by Crippen LogP contribution is -2.09. The smallest absolute Gasteiger partial charge is 0.310 e. The van der Waals surface area contributed by atoms with Crippen molar-refractivity contribution in [2.24, 2.45) is 0 Å². The van der Waals surface area contributed by atoms with Gasteiger partial charge in [0.2, 0.25) is 0 Å². The minimum absolute atomic E-state index is 0.479. The second-order valence-electron chi connectivity index (χ2n) is 5.13. The van der Waals surface area contributed by atoms with Gasteiger partial charge in [-0.2, -0.15) is 0 Å². The van der Waals surface area contributed by atoms with Crippen LogP contribution in [0.1, 0.15) is 11.4 Å². The molecule has 0 aliphatic carbocycles. The van der Waals surface area contributed by atoms with Crippen molar-refractivity contribution in [3.63, 3.8) is 0 Å². The average Bonchev–Trinajstić information content (AvgIpc) is 2.72. The van der Waals surface area contributed by atoms with Crippen molar-refractivity contribution in [1.29, 1.82) is 0 Å². The summed E-state index contributed by atoms with van der Waals surface area (Å²) < 4.78 is 51.2. The number of phosphoric ester groups is 1. The molecule has 1 unspecified atom stereocenters. The van der Waals surface area contributed by atoms with Crippen LogP contribution in [-0.4, -0.2) is 28.4 Å². The normalized spacial score (nSPS) is 13.5. The maximum absolute atomic E-state index is 13.2. The topological polar surface area (TPSA) is 80.3 Å². The molecule has 0 aromatic heterocycles. The first kappa shape index (κ1) is 22.3. The minimum Gasteiger partial charge on any atom is -0.310 e. The van der Waals surface area contributed by atoms with E-state index >= 15 is 0 Å². The first-order chi connectivity index (χ1) is 12.9. The second kappa shape index (κ2) is 10.0. The van der Waals surface area contributed by atoms with Crippen LogP contribution in [0, 0.1) is 0 Å². The Morgan fingerprint density at radius 1 is 0.778 bits per heavy atom. The van der Waals surface area contributed by atoms with Gasteiger partial charge in [-0.3, -0.25) is 18.1 Å². The lowest BCUT2D eigenvalue weighted by Gasteiger charge is -2.28. The van der Waals surface area contributed by atoms with Crippen LogP contribution in [0.2, 0.25) is 0 Å². The molecule has 10 heteroatoms. The van der Waals surface area contributed by atoms with Crippen LogP contribution in [0.3, 0.4) is 0 Å². The van der Waals surface area contributed by atoms with Crippen LogP contribution >= 0.6 is 27.2 Å². The fraction of sp³-hybridized carbons (Fsp3) is 0.294. The highest BCUT2D eigenvalue weighted by Crippen LogP contribution is 2.67. The standard InChI is InChI=1S/C17H22O7P2S/c1-20-25(18,21-2)17(24-26(19,22-3)23-4)15-12-8-9-13-16(15)27-14-10-6-5-7-11-14/h5-13,17H,1-4H3. The Morgan fingerprint density at radius 2 is 1.33 bits per heavy atom. The molecule has 0 heterocycles. The van der Waals surface area contributed by atoms with Gasteiger partial charge < -0.3 is 9.05 Å². The van der Waals surface area contributed by atoms with Gasteiger partial charge in [-0.15, -0.1) is 0 Å². The molecule has 0 saturated heterocycles. The zero-order valence-corrected chi connectivity index (χ0v) is 18.0. The van der Waals surface area contributed by atoms with Crippen LogP contribution < -0.4 is 0 Å². The Bertz CT molecular complexity index is 815. The van der Waals surface area contributed by atoms with Crippen molar-refractivity contribution in [3.05, 3.63) is 60.2 Å². The van der Waals surface area contributed by atoms with Crippen LogP contribution in [0.15, 0.2) is 64.4 Å². The predicted octanol–water partition coefficient (Wildman–Crippen LogP) is 5.74. The molecule has 0 bridgehead atoms. The maximum atomic E-state index is 13.2. The van der Waals surface area contributed by atoms with Gasteiger partial charge in [0, 0.05) is 43.8 Å². The average molecular weight is 432 g/mol. The highest BCUT2D eigenvalue weighted by atomic mass is 32.2. The Kier molecular flexibility index (Phi) is 8.28. The van der Waals surface area contributed by atoms with Gasteiger partial charge in [-0.05, 0) is 18.2 Å². The second-order valence-corrected chi connectivity index (χ2v) is 10.4. The maximum Gasteiger partial charge on any atom is 0.475 e. The number of phosphoric acid groups is 1. The van der Waals surface area contributed by atoms with Gasteiger partial charge in [-0.1, -0.05) is 48.2 Å². The Labute approximate surface area is 163 Å². The van der Waals surface area contributed by atoms with Crippen LogP contribution in [0.4, 0.5) is 0 Å². The third-order valence-corrected chi connectivity index (χ3v) is 8.23. The summed E-state index contributed by atoms with van der Waals surface area (Å²) in [4.78, 5) is 1.71. The molecule has 0 fully saturated rings. The minimum atomic E-state index is -3.97. The molecule has 0 aliphatic rings. The van der Waals surface area contributed by atoms with Crippen LogP contribution in [-0.2, 0) is 31.7 Å². The molecular weight excluding hydrogens is 410 g/mol. The van der Waals surface area contributed by atoms with Crippen molar-refractivity contribution in [2.45, 2.75) is 15.6 Å². The number of hydrogen-bond donors (Lipinski definition) is 0. The van der Waals surface area contributed by atoms with E-state index in [0.717, 1.165) is 9.79 Å². The summed E-state index contributed by atoms with van der Waals surface area (Å²) in [5.74, 6) is -1.31. The van der Waals surface area contributed by atoms with E-state index in [0.29, 0.717) is 5.56 Å². The summed E-state index contributed by atoms with van der Waals surface area (Å²) in [5, 5.41) is 0. The molecule has 0 aliphatic heterocycles. The van der Waals surface area contributed by atoms with E-state index in [1.165, 1.54) is 40.2 Å². The zero-order chi connectivity index (χ0) is 19.9. The SMILES string of the molecule is COP(=O)(OC)OC(c1ccccc1Sc1ccccc1)P(=O)(OC)OC. The molecule has 7 nitrogen and oxygen atoms in total. The monoisotopic (exact) mass is 432 g/mol. The molecule has 0 spiro atoms. The van der Waals surface area contributed by atoms with Crippen LogP contribution in [0.5, 0.6) is 0 Å². The Hall–Kier alpha value is -0.950. The molecule has 0 N–H and O–H groups in total. The van der Waals surface area contributed by atoms with E-state index in [2.05, 4.69) is 0 Å². The fourth-order valence-corrected chi connectivity index (χ4v) is 5.89. The van der Waals surface area contributed by atoms with Crippen molar-refractivity contribution >= 4 is 27.2 Å². The van der Waals surface area contributed by atoms with Crippen molar-refractivity contribution < 1.29 is 31.7 Å². The molecule has 2 aromatic rings. The number of hydrogen-bond acceptors (Lipinski definition) is 8. The van der Waals surface area contributed by atoms with Gasteiger partial charge >= 0.3 is 15.4 Å². The van der Waals surface area contributed by atoms with Gasteiger partial charge in [0.1, 0.15) is 0 Å². The van der Waals surface area contributed by atoms with E-state index < -0.39 is 21.3 Å². The van der Waals surface area contributed by atoms with Crippen molar-refractivity contribution in [1.82, 2.24) is 0 Å². The van der Waals surface area contributed by atoms with Crippen molar-refractivity contribution in [3.8, 4) is 0 Å².